The molecule has 0 heterocycles. The minimum absolute atomic E-state index is 0. The first kappa shape index (κ1) is 56.7. The van der Waals surface area contributed by atoms with Crippen LogP contribution >= 0.6 is 0 Å². The zero-order valence-corrected chi connectivity index (χ0v) is 7.49. The van der Waals surface area contributed by atoms with Crippen molar-refractivity contribution in [3.8, 4) is 0 Å². The summed E-state index contributed by atoms with van der Waals surface area (Å²) in [5, 5.41) is 0. The van der Waals surface area contributed by atoms with Gasteiger partial charge in [0.15, 0.2) is 0 Å². The first-order valence-electron chi connectivity index (χ1n) is 0. The van der Waals surface area contributed by atoms with Crippen molar-refractivity contribution in [2.24, 2.45) is 0 Å². The third kappa shape index (κ3) is 22.5. The maximum atomic E-state index is 0. The van der Waals surface area contributed by atoms with Gasteiger partial charge in [0, 0.05) is 0 Å². The van der Waals surface area contributed by atoms with Crippen LogP contribution < -0.4 is 42.0 Å². The van der Waals surface area contributed by atoms with E-state index in [9.17, 15) is 0 Å². The summed E-state index contributed by atoms with van der Waals surface area (Å²) in [6.45, 7) is 0. The van der Waals surface area contributed by atoms with Gasteiger partial charge in [-0.2, -0.15) is 0 Å². The van der Waals surface area contributed by atoms with Crippen LogP contribution in [0.1, 0.15) is 0 Å². The van der Waals surface area contributed by atoms with Gasteiger partial charge in [-0.3, -0.25) is 0 Å². The molecule has 0 aliphatic carbocycles. The van der Waals surface area contributed by atoms with E-state index >= 15 is 0 Å². The molecule has 0 saturated carbocycles. The number of hydrogen-bond donors (Lipinski definition) is 0. The molecule has 5 heteroatoms. The Morgan fingerprint density at radius 2 is 0.800 bits per heavy atom. The molecule has 0 aliphatic heterocycles. The molecule has 0 spiro atoms. The fraction of sp³-hybridized carbons (Fsp3) is 0. The van der Waals surface area contributed by atoms with Crippen LogP contribution in [-0.4, -0.2) is 40.7 Å². The van der Waals surface area contributed by atoms with Crippen molar-refractivity contribution in [1.82, 2.24) is 0 Å². The van der Waals surface area contributed by atoms with Gasteiger partial charge in [0.2, 0.25) is 0 Å². The summed E-state index contributed by atoms with van der Waals surface area (Å²) in [6, 6.07) is 0. The summed E-state index contributed by atoms with van der Waals surface area (Å²) in [6.07, 6.45) is 0. The van der Waals surface area contributed by atoms with Crippen molar-refractivity contribution in [1.29, 1.82) is 0 Å². The Kier molecular flexibility index (Phi) is 390. The van der Waals surface area contributed by atoms with E-state index in [0.717, 1.165) is 0 Å². The standard InChI is InChI=1S/2BH4.ClH.Na.Sn/h2*1H4;1H;;/q2*-1;;+1;+2/p-1. The molecule has 0 unspecified atom stereocenters. The van der Waals surface area contributed by atoms with Gasteiger partial charge in [0.25, 0.3) is 0 Å². The van der Waals surface area contributed by atoms with Crippen molar-refractivity contribution in [3.05, 3.63) is 0 Å². The fourth-order valence-electron chi connectivity index (χ4n) is 0. The van der Waals surface area contributed by atoms with Crippen molar-refractivity contribution in [2.45, 2.75) is 0 Å². The molecule has 0 nitrogen and oxygen atoms in total. The van der Waals surface area contributed by atoms with Crippen molar-refractivity contribution in [3.63, 3.8) is 0 Å². The number of hydrogen-bond acceptors (Lipinski definition) is 0. The summed E-state index contributed by atoms with van der Waals surface area (Å²) in [5.74, 6) is 0. The Balaban J connectivity index is 0. The monoisotopic (exact) mass is 208 g/mol. The molecule has 0 N–H and O–H groups in total. The Morgan fingerprint density at radius 1 is 0.800 bits per heavy atom. The zero-order valence-electron chi connectivity index (χ0n) is 1.88. The van der Waals surface area contributed by atoms with Gasteiger partial charge in [-0.05, 0) is 0 Å². The van der Waals surface area contributed by atoms with E-state index in [0.29, 0.717) is 0 Å². The molecule has 0 amide bonds. The molecule has 0 bridgehead atoms. The topological polar surface area (TPSA) is 0 Å². The van der Waals surface area contributed by atoms with Gasteiger partial charge < -0.3 is 12.4 Å². The van der Waals surface area contributed by atoms with Gasteiger partial charge in [-0.15, -0.1) is 0 Å². The van der Waals surface area contributed by atoms with Crippen LogP contribution in [0.2, 0.25) is 0 Å². The van der Waals surface area contributed by atoms with E-state index in [-0.39, 0.29) is 82.7 Å². The van der Waals surface area contributed by atoms with Crippen LogP contribution in [0.3, 0.4) is 0 Å². The molecule has 0 aliphatic rings. The average molecular weight is 207 g/mol. The Morgan fingerprint density at radius 3 is 0.800 bits per heavy atom. The molecule has 0 fully saturated rings. The first-order chi connectivity index (χ1) is 0. The molecule has 0 aromatic heterocycles. The van der Waals surface area contributed by atoms with Crippen molar-refractivity contribution >= 4 is 40.7 Å². The molecule has 2 radical (unpaired) electrons. The summed E-state index contributed by atoms with van der Waals surface area (Å²) in [4.78, 5) is 0. The third-order valence-corrected chi connectivity index (χ3v) is 0. The normalized spacial score (nSPS) is 0. The summed E-state index contributed by atoms with van der Waals surface area (Å²) in [5.41, 5.74) is 0. The van der Waals surface area contributed by atoms with E-state index in [1.54, 1.807) is 0 Å². The summed E-state index contributed by atoms with van der Waals surface area (Å²) < 4.78 is 0. The molecule has 0 saturated heterocycles. The van der Waals surface area contributed by atoms with Crippen LogP contribution in [0.15, 0.2) is 0 Å². The van der Waals surface area contributed by atoms with Gasteiger partial charge in [0.05, 0.1) is 0 Å². The Labute approximate surface area is 81.7 Å². The molecule has 0 rings (SSSR count). The second-order valence-corrected chi connectivity index (χ2v) is 0. The van der Waals surface area contributed by atoms with Crippen LogP contribution in [0.4, 0.5) is 0 Å². The van der Waals surface area contributed by atoms with Crippen LogP contribution in [0.5, 0.6) is 0 Å². The van der Waals surface area contributed by atoms with Crippen LogP contribution in [0.25, 0.3) is 0 Å². The van der Waals surface area contributed by atoms with Gasteiger partial charge in [-0.25, -0.2) is 0 Å². The zero-order chi connectivity index (χ0) is 0. The molecular formula is H8B2ClNaSn. The van der Waals surface area contributed by atoms with E-state index in [1.807, 2.05) is 0 Å². The van der Waals surface area contributed by atoms with Crippen LogP contribution in [0, 0.1) is 0 Å². The van der Waals surface area contributed by atoms with Crippen molar-refractivity contribution < 1.29 is 42.0 Å². The van der Waals surface area contributed by atoms with E-state index in [1.165, 1.54) is 0 Å². The fourth-order valence-corrected chi connectivity index (χ4v) is 0. The molecule has 0 atom stereocenters. The van der Waals surface area contributed by atoms with E-state index in [4.69, 9.17) is 0 Å². The van der Waals surface area contributed by atoms with Gasteiger partial charge in [-0.1, -0.05) is 16.8 Å². The van der Waals surface area contributed by atoms with Crippen molar-refractivity contribution in [2.75, 3.05) is 0 Å². The second kappa shape index (κ2) is 34.4. The minimum Gasteiger partial charge on any atom is -1.00 e. The third-order valence-electron chi connectivity index (χ3n) is 0. The van der Waals surface area contributed by atoms with Gasteiger partial charge in [0.1, 0.15) is 0 Å². The Hall–Kier alpha value is 2.22. The smallest absolute Gasteiger partial charge is 1.00 e. The first-order valence-corrected chi connectivity index (χ1v) is 0. The maximum absolute atomic E-state index is 0. The summed E-state index contributed by atoms with van der Waals surface area (Å²) in [7, 11) is 0. The number of rotatable bonds is 0. The molecule has 5 heavy (non-hydrogen) atoms. The molecule has 26 valence electrons. The second-order valence-electron chi connectivity index (χ2n) is 0. The van der Waals surface area contributed by atoms with Gasteiger partial charge >= 0.3 is 53.5 Å². The average Bonchev–Trinajstić information content (AvgIpc) is 0. The SMILES string of the molecule is [BH4-].[BH4-].[Cl-].[Na+].[Sn+2]. The van der Waals surface area contributed by atoms with E-state index < -0.39 is 0 Å². The predicted octanol–water partition coefficient (Wildman–Crippen LogP) is -9.28. The molecule has 0 aromatic carbocycles. The molecular weight excluding hydrogens is 199 g/mol. The summed E-state index contributed by atoms with van der Waals surface area (Å²) >= 11 is 0. The number of halogens is 1. The Bertz CT molecular complexity index is 9.61. The predicted molar refractivity (Wildman–Crippen MR) is 28.4 cm³/mol. The van der Waals surface area contributed by atoms with E-state index in [2.05, 4.69) is 0 Å². The largest absolute Gasteiger partial charge is 2.00 e. The molecule has 0 aromatic rings. The van der Waals surface area contributed by atoms with Crippen LogP contribution in [-0.2, 0) is 0 Å². The quantitative estimate of drug-likeness (QED) is 0.346. The maximum Gasteiger partial charge on any atom is 2.00 e. The minimum atomic E-state index is 0.